The van der Waals surface area contributed by atoms with Crippen LogP contribution in [-0.2, 0) is 4.79 Å². The van der Waals surface area contributed by atoms with Crippen molar-refractivity contribution in [1.29, 1.82) is 0 Å². The minimum Gasteiger partial charge on any atom is -0.318 e. The fourth-order valence-corrected chi connectivity index (χ4v) is 2.68. The van der Waals surface area contributed by atoms with E-state index < -0.39 is 12.1 Å². The zero-order valence-corrected chi connectivity index (χ0v) is 15.2. The predicted octanol–water partition coefficient (Wildman–Crippen LogP) is 4.49. The summed E-state index contributed by atoms with van der Waals surface area (Å²) in [4.78, 5) is 23.4. The number of rotatable bonds is 4. The van der Waals surface area contributed by atoms with E-state index in [0.717, 1.165) is 10.8 Å². The van der Waals surface area contributed by atoms with Gasteiger partial charge in [-0.2, -0.15) is 18.3 Å². The summed E-state index contributed by atoms with van der Waals surface area (Å²) in [5.41, 5.74) is 3.99. The van der Waals surface area contributed by atoms with Gasteiger partial charge in [-0.1, -0.05) is 48.5 Å². The number of carbonyl (C=O) groups is 2. The van der Waals surface area contributed by atoms with Gasteiger partial charge in [0, 0.05) is 11.3 Å². The van der Waals surface area contributed by atoms with Gasteiger partial charge in [0.1, 0.15) is 0 Å². The lowest BCUT2D eigenvalue weighted by Gasteiger charge is -2.09. The molecule has 3 aromatic rings. The number of hydrazone groups is 1. The second-order valence-corrected chi connectivity index (χ2v) is 6.19. The number of alkyl halides is 3. The maximum Gasteiger partial charge on any atom is 0.471 e. The van der Waals surface area contributed by atoms with Gasteiger partial charge in [0.25, 0.3) is 5.91 Å². The second kappa shape index (κ2) is 8.14. The van der Waals surface area contributed by atoms with Crippen molar-refractivity contribution in [3.8, 4) is 0 Å². The molecule has 5 nitrogen and oxygen atoms in total. The summed E-state index contributed by atoms with van der Waals surface area (Å²) in [6, 6.07) is 18.5. The van der Waals surface area contributed by atoms with Crippen LogP contribution in [0.25, 0.3) is 10.8 Å². The molecule has 0 fully saturated rings. The Morgan fingerprint density at radius 3 is 2.24 bits per heavy atom. The van der Waals surface area contributed by atoms with Crippen LogP contribution in [-0.4, -0.2) is 23.7 Å². The van der Waals surface area contributed by atoms with E-state index in [9.17, 15) is 22.8 Å². The Kier molecular flexibility index (Phi) is 5.63. The first-order valence-electron chi connectivity index (χ1n) is 8.57. The van der Waals surface area contributed by atoms with Crippen LogP contribution in [0, 0.1) is 0 Å². The molecule has 0 aromatic heterocycles. The van der Waals surface area contributed by atoms with Crippen LogP contribution in [0.2, 0.25) is 0 Å². The van der Waals surface area contributed by atoms with E-state index in [1.165, 1.54) is 24.3 Å². The highest BCUT2D eigenvalue weighted by atomic mass is 19.4. The SMILES string of the molecule is C/C(=N/NC(=O)c1cccc2ccccc12)c1ccc(NC(=O)C(F)(F)F)cc1. The molecule has 148 valence electrons. The largest absolute Gasteiger partial charge is 0.471 e. The van der Waals surface area contributed by atoms with Crippen LogP contribution < -0.4 is 10.7 Å². The summed E-state index contributed by atoms with van der Waals surface area (Å²) in [5.74, 6) is -2.42. The molecule has 2 amide bonds. The Labute approximate surface area is 164 Å². The molecule has 0 radical (unpaired) electrons. The van der Waals surface area contributed by atoms with Crippen molar-refractivity contribution in [3.63, 3.8) is 0 Å². The molecule has 29 heavy (non-hydrogen) atoms. The third-order valence-corrected chi connectivity index (χ3v) is 4.18. The average molecular weight is 399 g/mol. The molecule has 0 heterocycles. The number of carbonyl (C=O) groups excluding carboxylic acids is 2. The summed E-state index contributed by atoms with van der Waals surface area (Å²) in [5, 5.41) is 7.54. The maximum atomic E-state index is 12.5. The normalized spacial score (nSPS) is 11.9. The van der Waals surface area contributed by atoms with Crippen LogP contribution in [0.15, 0.2) is 71.8 Å². The third kappa shape index (κ3) is 4.78. The summed E-state index contributed by atoms with van der Waals surface area (Å²) in [6.07, 6.45) is -4.96. The Morgan fingerprint density at radius 2 is 1.55 bits per heavy atom. The number of nitrogens with one attached hydrogen (secondary N) is 2. The highest BCUT2D eigenvalue weighted by Gasteiger charge is 2.38. The van der Waals surface area contributed by atoms with Crippen molar-refractivity contribution < 1.29 is 22.8 Å². The van der Waals surface area contributed by atoms with Crippen LogP contribution in [0.5, 0.6) is 0 Å². The number of anilines is 1. The number of hydrogen-bond acceptors (Lipinski definition) is 3. The Hall–Kier alpha value is -3.68. The smallest absolute Gasteiger partial charge is 0.318 e. The molecule has 0 aliphatic heterocycles. The summed E-state index contributed by atoms with van der Waals surface area (Å²) in [6.45, 7) is 1.65. The third-order valence-electron chi connectivity index (χ3n) is 4.18. The molecule has 2 N–H and O–H groups in total. The Bertz CT molecular complexity index is 1090. The van der Waals surface area contributed by atoms with Gasteiger partial charge in [-0.3, -0.25) is 9.59 Å². The molecular weight excluding hydrogens is 383 g/mol. The number of fused-ring (bicyclic) bond motifs is 1. The monoisotopic (exact) mass is 399 g/mol. The molecule has 0 bridgehead atoms. The number of benzene rings is 3. The first-order chi connectivity index (χ1) is 13.8. The molecule has 0 unspecified atom stereocenters. The molecule has 0 spiro atoms. The number of halogens is 3. The van der Waals surface area contributed by atoms with E-state index >= 15 is 0 Å². The molecule has 3 aromatic carbocycles. The Balaban J connectivity index is 1.71. The van der Waals surface area contributed by atoms with Gasteiger partial charge in [-0.15, -0.1) is 0 Å². The highest BCUT2D eigenvalue weighted by molar-refractivity contribution is 6.08. The first-order valence-corrected chi connectivity index (χ1v) is 8.57. The Morgan fingerprint density at radius 1 is 0.897 bits per heavy atom. The summed E-state index contributed by atoms with van der Waals surface area (Å²) < 4.78 is 36.9. The van der Waals surface area contributed by atoms with Crippen LogP contribution in [0.1, 0.15) is 22.8 Å². The van der Waals surface area contributed by atoms with Crippen molar-refractivity contribution in [3.05, 3.63) is 77.9 Å². The van der Waals surface area contributed by atoms with Crippen molar-refractivity contribution >= 4 is 34.0 Å². The topological polar surface area (TPSA) is 70.6 Å². The van der Waals surface area contributed by atoms with E-state index in [0.29, 0.717) is 16.8 Å². The van der Waals surface area contributed by atoms with Gasteiger partial charge in [0.2, 0.25) is 0 Å². The van der Waals surface area contributed by atoms with Gasteiger partial charge < -0.3 is 5.32 Å². The van der Waals surface area contributed by atoms with E-state index in [2.05, 4.69) is 10.5 Å². The lowest BCUT2D eigenvalue weighted by molar-refractivity contribution is -0.167. The minimum atomic E-state index is -4.96. The molecule has 8 heteroatoms. The van der Waals surface area contributed by atoms with Gasteiger partial charge in [-0.05, 0) is 41.5 Å². The maximum absolute atomic E-state index is 12.5. The van der Waals surface area contributed by atoms with E-state index in [-0.39, 0.29) is 11.6 Å². The fourth-order valence-electron chi connectivity index (χ4n) is 2.68. The van der Waals surface area contributed by atoms with Gasteiger partial charge >= 0.3 is 12.1 Å². The van der Waals surface area contributed by atoms with Crippen molar-refractivity contribution in [1.82, 2.24) is 5.43 Å². The van der Waals surface area contributed by atoms with Gasteiger partial charge in [0.15, 0.2) is 0 Å². The molecule has 0 aliphatic rings. The standard InChI is InChI=1S/C21H16F3N3O2/c1-13(14-9-11-16(12-10-14)25-20(29)21(22,23)24)26-27-19(28)18-8-4-6-15-5-2-3-7-17(15)18/h2-12H,1H3,(H,25,29)(H,27,28)/b26-13-. The average Bonchev–Trinajstić information content (AvgIpc) is 2.71. The summed E-state index contributed by atoms with van der Waals surface area (Å²) >= 11 is 0. The van der Waals surface area contributed by atoms with Gasteiger partial charge in [0.05, 0.1) is 5.71 Å². The first kappa shape index (κ1) is 20.1. The van der Waals surface area contributed by atoms with Crippen LogP contribution in [0.3, 0.4) is 0 Å². The summed E-state index contributed by atoms with van der Waals surface area (Å²) in [7, 11) is 0. The molecular formula is C21H16F3N3O2. The second-order valence-electron chi connectivity index (χ2n) is 6.19. The zero-order valence-electron chi connectivity index (χ0n) is 15.2. The van der Waals surface area contributed by atoms with Crippen LogP contribution in [0.4, 0.5) is 18.9 Å². The molecule has 0 atom stereocenters. The number of nitrogens with zero attached hydrogens (tertiary/aromatic N) is 1. The zero-order chi connectivity index (χ0) is 21.0. The highest BCUT2D eigenvalue weighted by Crippen LogP contribution is 2.19. The van der Waals surface area contributed by atoms with Crippen LogP contribution >= 0.6 is 0 Å². The fraction of sp³-hybridized carbons (Fsp3) is 0.0952. The molecule has 0 saturated heterocycles. The van der Waals surface area contributed by atoms with Gasteiger partial charge in [-0.25, -0.2) is 5.43 Å². The van der Waals surface area contributed by atoms with Crippen molar-refractivity contribution in [2.24, 2.45) is 5.10 Å². The number of amides is 2. The molecule has 0 aliphatic carbocycles. The van der Waals surface area contributed by atoms with E-state index in [1.54, 1.807) is 24.4 Å². The number of hydrogen-bond donors (Lipinski definition) is 2. The minimum absolute atomic E-state index is 0.00339. The lowest BCUT2D eigenvalue weighted by atomic mass is 10.0. The molecule has 0 saturated carbocycles. The molecule has 3 rings (SSSR count). The van der Waals surface area contributed by atoms with Crippen molar-refractivity contribution in [2.45, 2.75) is 13.1 Å². The predicted molar refractivity (Wildman–Crippen MR) is 105 cm³/mol. The van der Waals surface area contributed by atoms with E-state index in [4.69, 9.17) is 0 Å². The van der Waals surface area contributed by atoms with Crippen molar-refractivity contribution in [2.75, 3.05) is 5.32 Å². The van der Waals surface area contributed by atoms with E-state index in [1.807, 2.05) is 30.3 Å². The quantitative estimate of drug-likeness (QED) is 0.501. The lowest BCUT2D eigenvalue weighted by Crippen LogP contribution is -2.29.